The highest BCUT2D eigenvalue weighted by atomic mass is 35.5. The number of rotatable bonds is 3. The monoisotopic (exact) mass is 222 g/mol. The highest BCUT2D eigenvalue weighted by molar-refractivity contribution is 6.33. The molecule has 0 spiro atoms. The maximum absolute atomic E-state index is 6.09. The van der Waals surface area contributed by atoms with Crippen molar-refractivity contribution in [3.05, 3.63) is 35.5 Å². The Hall–Kier alpha value is -1.39. The van der Waals surface area contributed by atoms with Crippen LogP contribution in [0.25, 0.3) is 11.3 Å². The van der Waals surface area contributed by atoms with Gasteiger partial charge in [-0.25, -0.2) is 4.68 Å². The number of nitrogens with two attached hydrogens (primary N) is 1. The second-order valence-electron chi connectivity index (χ2n) is 3.11. The summed E-state index contributed by atoms with van der Waals surface area (Å²) in [5.74, 6) is 0. The molecule has 15 heavy (non-hydrogen) atoms. The van der Waals surface area contributed by atoms with Crippen LogP contribution in [-0.4, -0.2) is 21.5 Å². The Balaban J connectivity index is 2.45. The summed E-state index contributed by atoms with van der Waals surface area (Å²) in [4.78, 5) is 0. The first kappa shape index (κ1) is 10.1. The number of aromatic nitrogens is 3. The molecule has 0 atom stereocenters. The number of hydrogen-bond acceptors (Lipinski definition) is 3. The van der Waals surface area contributed by atoms with Crippen LogP contribution in [0.15, 0.2) is 30.5 Å². The number of benzene rings is 1. The molecule has 5 heteroatoms. The van der Waals surface area contributed by atoms with Crippen molar-refractivity contribution in [3.63, 3.8) is 0 Å². The highest BCUT2D eigenvalue weighted by Gasteiger charge is 2.08. The van der Waals surface area contributed by atoms with Gasteiger partial charge in [-0.15, -0.1) is 5.10 Å². The zero-order valence-electron chi connectivity index (χ0n) is 8.10. The molecule has 0 amide bonds. The van der Waals surface area contributed by atoms with Gasteiger partial charge in [-0.2, -0.15) is 0 Å². The average molecular weight is 223 g/mol. The quantitative estimate of drug-likeness (QED) is 0.858. The lowest BCUT2D eigenvalue weighted by atomic mass is 10.2. The van der Waals surface area contributed by atoms with Crippen LogP contribution < -0.4 is 5.73 Å². The standard InChI is InChI=1S/C10H11ClN4/c11-9-4-2-1-3-8(9)10-7-13-14-15(10)6-5-12/h1-4,7H,5-6,12H2. The minimum atomic E-state index is 0.529. The van der Waals surface area contributed by atoms with Gasteiger partial charge in [0.15, 0.2) is 0 Å². The molecule has 0 aliphatic heterocycles. The molecule has 0 aliphatic rings. The molecule has 78 valence electrons. The zero-order valence-corrected chi connectivity index (χ0v) is 8.85. The third-order valence-corrected chi connectivity index (χ3v) is 2.44. The molecule has 0 aliphatic carbocycles. The third kappa shape index (κ3) is 2.00. The first-order valence-corrected chi connectivity index (χ1v) is 5.04. The van der Waals surface area contributed by atoms with E-state index in [0.717, 1.165) is 11.3 Å². The molecular formula is C10H11ClN4. The maximum Gasteiger partial charge on any atom is 0.0901 e. The van der Waals surface area contributed by atoms with Gasteiger partial charge in [-0.3, -0.25) is 0 Å². The van der Waals surface area contributed by atoms with Gasteiger partial charge in [0.2, 0.25) is 0 Å². The van der Waals surface area contributed by atoms with Gasteiger partial charge in [0.05, 0.1) is 23.5 Å². The van der Waals surface area contributed by atoms with E-state index >= 15 is 0 Å². The van der Waals surface area contributed by atoms with E-state index in [9.17, 15) is 0 Å². The molecule has 0 fully saturated rings. The smallest absolute Gasteiger partial charge is 0.0901 e. The lowest BCUT2D eigenvalue weighted by Gasteiger charge is -2.05. The van der Waals surface area contributed by atoms with Crippen LogP contribution in [0.5, 0.6) is 0 Å². The summed E-state index contributed by atoms with van der Waals surface area (Å²) in [6.45, 7) is 1.17. The molecular weight excluding hydrogens is 212 g/mol. The van der Waals surface area contributed by atoms with Crippen molar-refractivity contribution in [2.75, 3.05) is 6.54 Å². The van der Waals surface area contributed by atoms with Crippen LogP contribution >= 0.6 is 11.6 Å². The van der Waals surface area contributed by atoms with Gasteiger partial charge in [-0.1, -0.05) is 35.0 Å². The predicted octanol–water partition coefficient (Wildman–Crippen LogP) is 1.56. The van der Waals surface area contributed by atoms with Gasteiger partial charge in [0, 0.05) is 12.1 Å². The second kappa shape index (κ2) is 4.42. The zero-order chi connectivity index (χ0) is 10.7. The molecule has 0 saturated heterocycles. The Bertz CT molecular complexity index is 452. The van der Waals surface area contributed by atoms with E-state index in [0.29, 0.717) is 18.1 Å². The van der Waals surface area contributed by atoms with Crippen LogP contribution in [0, 0.1) is 0 Å². The maximum atomic E-state index is 6.09. The Labute approximate surface area is 92.7 Å². The number of halogens is 1. The van der Waals surface area contributed by atoms with E-state index in [1.807, 2.05) is 24.3 Å². The predicted molar refractivity (Wildman–Crippen MR) is 59.5 cm³/mol. The Morgan fingerprint density at radius 2 is 2.13 bits per heavy atom. The number of nitrogens with zero attached hydrogens (tertiary/aromatic N) is 3. The van der Waals surface area contributed by atoms with Crippen LogP contribution in [0.3, 0.4) is 0 Å². The minimum Gasteiger partial charge on any atom is -0.329 e. The molecule has 0 radical (unpaired) electrons. The van der Waals surface area contributed by atoms with E-state index in [2.05, 4.69) is 10.3 Å². The lowest BCUT2D eigenvalue weighted by Crippen LogP contribution is -2.12. The van der Waals surface area contributed by atoms with Crippen molar-refractivity contribution < 1.29 is 0 Å². The van der Waals surface area contributed by atoms with Gasteiger partial charge in [-0.05, 0) is 6.07 Å². The van der Waals surface area contributed by atoms with Gasteiger partial charge in [0.25, 0.3) is 0 Å². The largest absolute Gasteiger partial charge is 0.329 e. The van der Waals surface area contributed by atoms with Crippen molar-refractivity contribution in [2.45, 2.75) is 6.54 Å². The van der Waals surface area contributed by atoms with Gasteiger partial charge >= 0.3 is 0 Å². The Morgan fingerprint density at radius 3 is 2.87 bits per heavy atom. The fourth-order valence-corrected chi connectivity index (χ4v) is 1.66. The molecule has 2 rings (SSSR count). The lowest BCUT2D eigenvalue weighted by molar-refractivity contribution is 0.604. The van der Waals surface area contributed by atoms with Crippen molar-refractivity contribution in [3.8, 4) is 11.3 Å². The van der Waals surface area contributed by atoms with Gasteiger partial charge in [0.1, 0.15) is 0 Å². The molecule has 1 heterocycles. The van der Waals surface area contributed by atoms with E-state index in [1.165, 1.54) is 0 Å². The summed E-state index contributed by atoms with van der Waals surface area (Å²) < 4.78 is 1.75. The molecule has 0 saturated carbocycles. The SMILES string of the molecule is NCCn1nncc1-c1ccccc1Cl. The summed E-state index contributed by atoms with van der Waals surface area (Å²) in [6, 6.07) is 7.61. The highest BCUT2D eigenvalue weighted by Crippen LogP contribution is 2.26. The molecule has 1 aromatic heterocycles. The van der Waals surface area contributed by atoms with E-state index in [-0.39, 0.29) is 0 Å². The normalized spacial score (nSPS) is 10.5. The fourth-order valence-electron chi connectivity index (χ4n) is 1.42. The molecule has 2 N–H and O–H groups in total. The topological polar surface area (TPSA) is 56.7 Å². The summed E-state index contributed by atoms with van der Waals surface area (Å²) >= 11 is 6.09. The first-order chi connectivity index (χ1) is 7.33. The van der Waals surface area contributed by atoms with Crippen molar-refractivity contribution in [2.24, 2.45) is 5.73 Å². The van der Waals surface area contributed by atoms with Crippen molar-refractivity contribution >= 4 is 11.6 Å². The van der Waals surface area contributed by atoms with Crippen LogP contribution in [0.2, 0.25) is 5.02 Å². The van der Waals surface area contributed by atoms with E-state index < -0.39 is 0 Å². The molecule has 4 nitrogen and oxygen atoms in total. The van der Waals surface area contributed by atoms with Crippen molar-refractivity contribution in [1.29, 1.82) is 0 Å². The average Bonchev–Trinajstić information content (AvgIpc) is 2.67. The third-order valence-electron chi connectivity index (χ3n) is 2.11. The second-order valence-corrected chi connectivity index (χ2v) is 3.52. The van der Waals surface area contributed by atoms with Crippen LogP contribution in [-0.2, 0) is 6.54 Å². The molecule has 0 bridgehead atoms. The van der Waals surface area contributed by atoms with E-state index in [1.54, 1.807) is 10.9 Å². The Morgan fingerprint density at radius 1 is 1.33 bits per heavy atom. The Kier molecular flexibility index (Phi) is 2.99. The van der Waals surface area contributed by atoms with Gasteiger partial charge < -0.3 is 5.73 Å². The summed E-state index contributed by atoms with van der Waals surface area (Å²) in [5, 5.41) is 8.50. The molecule has 0 unspecified atom stereocenters. The van der Waals surface area contributed by atoms with Crippen molar-refractivity contribution in [1.82, 2.24) is 15.0 Å². The summed E-state index contributed by atoms with van der Waals surface area (Å²) in [5.41, 5.74) is 7.31. The van der Waals surface area contributed by atoms with Crippen LogP contribution in [0.1, 0.15) is 0 Å². The minimum absolute atomic E-state index is 0.529. The van der Waals surface area contributed by atoms with E-state index in [4.69, 9.17) is 17.3 Å². The fraction of sp³-hybridized carbons (Fsp3) is 0.200. The first-order valence-electron chi connectivity index (χ1n) is 4.66. The summed E-state index contributed by atoms with van der Waals surface area (Å²) in [6.07, 6.45) is 1.69. The van der Waals surface area contributed by atoms with Crippen LogP contribution in [0.4, 0.5) is 0 Å². The summed E-state index contributed by atoms with van der Waals surface area (Å²) in [7, 11) is 0. The number of hydrogen-bond donors (Lipinski definition) is 1. The molecule has 2 aromatic rings. The molecule has 1 aromatic carbocycles.